The van der Waals surface area contributed by atoms with Crippen molar-refractivity contribution in [1.82, 2.24) is 14.6 Å². The van der Waals surface area contributed by atoms with Crippen molar-refractivity contribution in [3.8, 4) is 22.6 Å². The first-order valence-corrected chi connectivity index (χ1v) is 6.84. The Labute approximate surface area is 125 Å². The van der Waals surface area contributed by atoms with E-state index in [2.05, 4.69) is 10.1 Å². The van der Waals surface area contributed by atoms with Gasteiger partial charge >= 0.3 is 0 Å². The van der Waals surface area contributed by atoms with E-state index in [1.54, 1.807) is 23.0 Å². The fraction of sp³-hybridized carbons (Fsp3) is 0. The lowest BCUT2D eigenvalue weighted by Crippen LogP contribution is -1.94. The van der Waals surface area contributed by atoms with Gasteiger partial charge in [0.05, 0.1) is 18.2 Å². The maximum Gasteiger partial charge on any atom is 0.154 e. The number of hydrogen-bond acceptors (Lipinski definition) is 3. The average Bonchev–Trinajstić information content (AvgIpc) is 3.16. The van der Waals surface area contributed by atoms with Gasteiger partial charge in [0.15, 0.2) is 5.65 Å². The predicted octanol–water partition coefficient (Wildman–Crippen LogP) is 4.31. The van der Waals surface area contributed by atoms with Gasteiger partial charge in [-0.05, 0) is 30.3 Å². The molecule has 1 aromatic carbocycles. The summed E-state index contributed by atoms with van der Waals surface area (Å²) in [5.74, 6) is 0.830. The van der Waals surface area contributed by atoms with E-state index in [0.717, 1.165) is 28.2 Å². The third-order valence-electron chi connectivity index (χ3n) is 3.29. The van der Waals surface area contributed by atoms with Crippen molar-refractivity contribution in [2.45, 2.75) is 0 Å². The molecule has 0 spiro atoms. The number of benzene rings is 1. The van der Waals surface area contributed by atoms with Crippen LogP contribution in [0.25, 0.3) is 28.2 Å². The SMILES string of the molecule is Clc1ccc2ncc(-c3cccc(-c4ccco4)c3)n2n1. The molecule has 0 N–H and O–H groups in total. The summed E-state index contributed by atoms with van der Waals surface area (Å²) < 4.78 is 7.18. The maximum absolute atomic E-state index is 5.97. The lowest BCUT2D eigenvalue weighted by molar-refractivity contribution is 0.582. The van der Waals surface area contributed by atoms with Gasteiger partial charge in [-0.1, -0.05) is 29.8 Å². The van der Waals surface area contributed by atoms with Gasteiger partial charge in [0.1, 0.15) is 10.9 Å². The van der Waals surface area contributed by atoms with Crippen molar-refractivity contribution >= 4 is 17.2 Å². The summed E-state index contributed by atoms with van der Waals surface area (Å²) in [7, 11) is 0. The summed E-state index contributed by atoms with van der Waals surface area (Å²) in [5.41, 5.74) is 3.67. The number of rotatable bonds is 2. The van der Waals surface area contributed by atoms with Crippen LogP contribution in [0, 0.1) is 0 Å². The molecule has 3 aromatic heterocycles. The molecule has 0 saturated heterocycles. The van der Waals surface area contributed by atoms with Crippen LogP contribution in [0.3, 0.4) is 0 Å². The molecule has 21 heavy (non-hydrogen) atoms. The first-order valence-electron chi connectivity index (χ1n) is 6.46. The van der Waals surface area contributed by atoms with E-state index in [1.807, 2.05) is 42.5 Å². The molecule has 0 bridgehead atoms. The molecule has 4 rings (SSSR count). The minimum atomic E-state index is 0.434. The molecule has 4 nitrogen and oxygen atoms in total. The molecule has 4 aromatic rings. The van der Waals surface area contributed by atoms with Crippen molar-refractivity contribution in [3.05, 3.63) is 66.1 Å². The third kappa shape index (κ3) is 2.10. The molecule has 102 valence electrons. The van der Waals surface area contributed by atoms with E-state index in [4.69, 9.17) is 16.0 Å². The lowest BCUT2D eigenvalue weighted by atomic mass is 10.1. The van der Waals surface area contributed by atoms with Crippen LogP contribution in [0.15, 0.2) is 65.4 Å². The summed E-state index contributed by atoms with van der Waals surface area (Å²) in [6.07, 6.45) is 3.46. The second-order valence-corrected chi connectivity index (χ2v) is 5.01. The molecule has 0 amide bonds. The minimum absolute atomic E-state index is 0.434. The number of halogens is 1. The Morgan fingerprint density at radius 1 is 1.00 bits per heavy atom. The van der Waals surface area contributed by atoms with E-state index in [-0.39, 0.29) is 0 Å². The molecule has 0 aliphatic heterocycles. The Kier molecular flexibility index (Phi) is 2.75. The zero-order valence-corrected chi connectivity index (χ0v) is 11.7. The summed E-state index contributed by atoms with van der Waals surface area (Å²) in [4.78, 5) is 4.35. The van der Waals surface area contributed by atoms with E-state index in [9.17, 15) is 0 Å². The van der Waals surface area contributed by atoms with Gasteiger partial charge in [0, 0.05) is 11.1 Å². The standard InChI is InChI=1S/C16H10ClN3O/c17-15-6-7-16-18-10-13(20(16)19-15)11-3-1-4-12(9-11)14-5-2-8-21-14/h1-10H. The Balaban J connectivity index is 1.89. The highest BCUT2D eigenvalue weighted by Gasteiger charge is 2.09. The zero-order chi connectivity index (χ0) is 14.2. The topological polar surface area (TPSA) is 43.3 Å². The number of imidazole rings is 1. The molecule has 5 heteroatoms. The Bertz CT molecular complexity index is 912. The number of furan rings is 1. The maximum atomic E-state index is 5.97. The molecule has 0 saturated carbocycles. The summed E-state index contributed by atoms with van der Waals surface area (Å²) in [5, 5.41) is 4.73. The molecule has 0 aliphatic rings. The van der Waals surface area contributed by atoms with Crippen LogP contribution in [-0.4, -0.2) is 14.6 Å². The highest BCUT2D eigenvalue weighted by molar-refractivity contribution is 6.29. The smallest absolute Gasteiger partial charge is 0.154 e. The van der Waals surface area contributed by atoms with Crippen LogP contribution in [0.1, 0.15) is 0 Å². The van der Waals surface area contributed by atoms with Gasteiger partial charge in [-0.15, -0.1) is 0 Å². The number of nitrogens with zero attached hydrogens (tertiary/aromatic N) is 3. The van der Waals surface area contributed by atoms with E-state index >= 15 is 0 Å². The highest BCUT2D eigenvalue weighted by atomic mass is 35.5. The number of hydrogen-bond donors (Lipinski definition) is 0. The second kappa shape index (κ2) is 4.75. The zero-order valence-electron chi connectivity index (χ0n) is 10.9. The van der Waals surface area contributed by atoms with Gasteiger partial charge in [-0.25, -0.2) is 9.50 Å². The Morgan fingerprint density at radius 3 is 2.76 bits per heavy atom. The average molecular weight is 296 g/mol. The van der Waals surface area contributed by atoms with Crippen molar-refractivity contribution in [1.29, 1.82) is 0 Å². The number of aromatic nitrogens is 3. The Hall–Kier alpha value is -2.59. The highest BCUT2D eigenvalue weighted by Crippen LogP contribution is 2.27. The molecule has 0 aliphatic carbocycles. The lowest BCUT2D eigenvalue weighted by Gasteiger charge is -2.03. The van der Waals surface area contributed by atoms with Gasteiger partial charge in [0.25, 0.3) is 0 Å². The second-order valence-electron chi connectivity index (χ2n) is 4.63. The molecule has 0 unspecified atom stereocenters. The summed E-state index contributed by atoms with van der Waals surface area (Å²) >= 11 is 5.97. The normalized spacial score (nSPS) is 11.1. The van der Waals surface area contributed by atoms with Crippen LogP contribution < -0.4 is 0 Å². The van der Waals surface area contributed by atoms with Gasteiger partial charge in [-0.2, -0.15) is 5.10 Å². The van der Waals surface area contributed by atoms with Gasteiger partial charge in [0.2, 0.25) is 0 Å². The van der Waals surface area contributed by atoms with Crippen LogP contribution in [0.4, 0.5) is 0 Å². The summed E-state index contributed by atoms with van der Waals surface area (Å²) in [6, 6.07) is 15.4. The van der Waals surface area contributed by atoms with Gasteiger partial charge in [-0.3, -0.25) is 0 Å². The van der Waals surface area contributed by atoms with Crippen LogP contribution in [0.2, 0.25) is 5.15 Å². The first-order chi connectivity index (χ1) is 10.3. The van der Waals surface area contributed by atoms with Crippen LogP contribution >= 0.6 is 11.6 Å². The molecular weight excluding hydrogens is 286 g/mol. The van der Waals surface area contributed by atoms with E-state index in [1.165, 1.54) is 0 Å². The van der Waals surface area contributed by atoms with Crippen molar-refractivity contribution in [2.24, 2.45) is 0 Å². The monoisotopic (exact) mass is 295 g/mol. The fourth-order valence-electron chi connectivity index (χ4n) is 2.32. The largest absolute Gasteiger partial charge is 0.464 e. The molecule has 0 radical (unpaired) electrons. The first kappa shape index (κ1) is 12.2. The van der Waals surface area contributed by atoms with Crippen LogP contribution in [-0.2, 0) is 0 Å². The molecular formula is C16H10ClN3O. The fourth-order valence-corrected chi connectivity index (χ4v) is 2.46. The summed E-state index contributed by atoms with van der Waals surface area (Å²) in [6.45, 7) is 0. The molecule has 3 heterocycles. The van der Waals surface area contributed by atoms with Gasteiger partial charge < -0.3 is 4.42 Å². The van der Waals surface area contributed by atoms with Crippen molar-refractivity contribution in [3.63, 3.8) is 0 Å². The number of fused-ring (bicyclic) bond motifs is 1. The van der Waals surface area contributed by atoms with Crippen molar-refractivity contribution < 1.29 is 4.42 Å². The Morgan fingerprint density at radius 2 is 1.90 bits per heavy atom. The molecule has 0 fully saturated rings. The minimum Gasteiger partial charge on any atom is -0.464 e. The third-order valence-corrected chi connectivity index (χ3v) is 3.50. The van der Waals surface area contributed by atoms with Crippen LogP contribution in [0.5, 0.6) is 0 Å². The van der Waals surface area contributed by atoms with E-state index < -0.39 is 0 Å². The van der Waals surface area contributed by atoms with E-state index in [0.29, 0.717) is 5.15 Å². The quantitative estimate of drug-likeness (QED) is 0.553. The van der Waals surface area contributed by atoms with Crippen molar-refractivity contribution in [2.75, 3.05) is 0 Å². The molecule has 0 atom stereocenters. The predicted molar refractivity (Wildman–Crippen MR) is 81.1 cm³/mol.